The number of benzene rings is 1. The number of hydrogen-bond acceptors (Lipinski definition) is 2. The lowest BCUT2D eigenvalue weighted by molar-refractivity contribution is 0.165. The van der Waals surface area contributed by atoms with E-state index in [1.165, 1.54) is 5.56 Å². The molecule has 0 spiro atoms. The maximum Gasteiger partial charge on any atom is 0.119 e. The minimum absolute atomic E-state index is 0.112. The Hall–Kier alpha value is -1.02. The molecule has 0 amide bonds. The quantitative estimate of drug-likeness (QED) is 0.820. The molecule has 1 rings (SSSR count). The number of ether oxygens (including phenoxy) is 1. The molecule has 1 N–H and O–H groups in total. The van der Waals surface area contributed by atoms with Gasteiger partial charge in [0.1, 0.15) is 5.75 Å². The molecule has 2 nitrogen and oxygen atoms in total. The standard InChI is InChI=1S/C18H31NO/c1-14(2)15-9-8-10-16(11-15)20-13-18(6,7)12-19-17(3,4)5/h8-11,14,19H,12-13H2,1-7H3. The van der Waals surface area contributed by atoms with Gasteiger partial charge in [0.2, 0.25) is 0 Å². The Morgan fingerprint density at radius 2 is 1.75 bits per heavy atom. The van der Waals surface area contributed by atoms with Crippen molar-refractivity contribution in [1.29, 1.82) is 0 Å². The summed E-state index contributed by atoms with van der Waals surface area (Å²) in [6.07, 6.45) is 0. The van der Waals surface area contributed by atoms with E-state index in [1.807, 2.05) is 6.07 Å². The largest absolute Gasteiger partial charge is 0.493 e. The van der Waals surface area contributed by atoms with Gasteiger partial charge in [-0.15, -0.1) is 0 Å². The molecular formula is C18H31NO. The molecule has 114 valence electrons. The van der Waals surface area contributed by atoms with Gasteiger partial charge in [-0.05, 0) is 44.4 Å². The Bertz CT molecular complexity index is 416. The first-order valence-corrected chi connectivity index (χ1v) is 7.57. The molecule has 0 aliphatic rings. The van der Waals surface area contributed by atoms with Gasteiger partial charge >= 0.3 is 0 Å². The van der Waals surface area contributed by atoms with Crippen molar-refractivity contribution in [2.24, 2.45) is 5.41 Å². The summed E-state index contributed by atoms with van der Waals surface area (Å²) in [6, 6.07) is 8.42. The second kappa shape index (κ2) is 6.62. The highest BCUT2D eigenvalue weighted by atomic mass is 16.5. The summed E-state index contributed by atoms with van der Waals surface area (Å²) < 4.78 is 5.99. The molecule has 0 aliphatic carbocycles. The molecule has 0 aliphatic heterocycles. The first-order valence-electron chi connectivity index (χ1n) is 7.57. The van der Waals surface area contributed by atoms with Crippen molar-refractivity contribution in [3.05, 3.63) is 29.8 Å². The van der Waals surface area contributed by atoms with E-state index >= 15 is 0 Å². The van der Waals surface area contributed by atoms with Gasteiger partial charge < -0.3 is 10.1 Å². The normalized spacial score (nSPS) is 12.8. The zero-order chi connectivity index (χ0) is 15.4. The second-order valence-electron chi connectivity index (χ2n) is 7.78. The molecule has 0 heterocycles. The van der Waals surface area contributed by atoms with Crippen LogP contribution in [-0.4, -0.2) is 18.7 Å². The summed E-state index contributed by atoms with van der Waals surface area (Å²) in [5.41, 5.74) is 1.59. The predicted molar refractivity (Wildman–Crippen MR) is 87.6 cm³/mol. The fourth-order valence-corrected chi connectivity index (χ4v) is 1.80. The van der Waals surface area contributed by atoms with Gasteiger partial charge in [-0.25, -0.2) is 0 Å². The summed E-state index contributed by atoms with van der Waals surface area (Å²) in [6.45, 7) is 17.1. The van der Waals surface area contributed by atoms with E-state index in [4.69, 9.17) is 4.74 Å². The molecule has 0 aromatic heterocycles. The smallest absolute Gasteiger partial charge is 0.119 e. The first kappa shape index (κ1) is 17.0. The van der Waals surface area contributed by atoms with E-state index in [0.717, 1.165) is 18.9 Å². The lowest BCUT2D eigenvalue weighted by Gasteiger charge is -2.30. The second-order valence-corrected chi connectivity index (χ2v) is 7.78. The minimum Gasteiger partial charge on any atom is -0.493 e. The fourth-order valence-electron chi connectivity index (χ4n) is 1.80. The van der Waals surface area contributed by atoms with Crippen molar-refractivity contribution < 1.29 is 4.74 Å². The molecule has 0 saturated heterocycles. The van der Waals surface area contributed by atoms with Gasteiger partial charge in [0.05, 0.1) is 6.61 Å². The van der Waals surface area contributed by atoms with Crippen LogP contribution >= 0.6 is 0 Å². The van der Waals surface area contributed by atoms with Crippen LogP contribution in [0.25, 0.3) is 0 Å². The van der Waals surface area contributed by atoms with Gasteiger partial charge in [-0.1, -0.05) is 39.8 Å². The van der Waals surface area contributed by atoms with E-state index in [9.17, 15) is 0 Å². The number of rotatable bonds is 6. The minimum atomic E-state index is 0.112. The summed E-state index contributed by atoms with van der Waals surface area (Å²) >= 11 is 0. The van der Waals surface area contributed by atoms with Gasteiger partial charge in [-0.3, -0.25) is 0 Å². The SMILES string of the molecule is CC(C)c1cccc(OCC(C)(C)CNC(C)(C)C)c1. The Kier molecular flexibility index (Phi) is 5.64. The highest BCUT2D eigenvalue weighted by Crippen LogP contribution is 2.23. The van der Waals surface area contributed by atoms with E-state index in [1.54, 1.807) is 0 Å². The Morgan fingerprint density at radius 1 is 1.10 bits per heavy atom. The van der Waals surface area contributed by atoms with Crippen molar-refractivity contribution in [3.63, 3.8) is 0 Å². The monoisotopic (exact) mass is 277 g/mol. The van der Waals surface area contributed by atoms with E-state index in [-0.39, 0.29) is 11.0 Å². The Labute approximate surface area is 124 Å². The molecule has 20 heavy (non-hydrogen) atoms. The van der Waals surface area contributed by atoms with Crippen LogP contribution in [-0.2, 0) is 0 Å². The highest BCUT2D eigenvalue weighted by molar-refractivity contribution is 5.30. The average Bonchev–Trinajstić information content (AvgIpc) is 2.34. The Morgan fingerprint density at radius 3 is 2.30 bits per heavy atom. The zero-order valence-corrected chi connectivity index (χ0v) is 14.2. The van der Waals surface area contributed by atoms with E-state index in [0.29, 0.717) is 5.92 Å². The van der Waals surface area contributed by atoms with Gasteiger partial charge in [0.25, 0.3) is 0 Å². The summed E-state index contributed by atoms with van der Waals surface area (Å²) in [5, 5.41) is 3.55. The molecule has 0 fully saturated rings. The van der Waals surface area contributed by atoms with Crippen molar-refractivity contribution in [1.82, 2.24) is 5.32 Å². The Balaban J connectivity index is 2.55. The average molecular weight is 277 g/mol. The summed E-state index contributed by atoms with van der Waals surface area (Å²) in [5.74, 6) is 1.51. The van der Waals surface area contributed by atoms with Crippen LogP contribution in [0.3, 0.4) is 0 Å². The van der Waals surface area contributed by atoms with Crippen LogP contribution in [0, 0.1) is 5.41 Å². The van der Waals surface area contributed by atoms with Crippen LogP contribution in [0.5, 0.6) is 5.75 Å². The van der Waals surface area contributed by atoms with Crippen molar-refractivity contribution >= 4 is 0 Å². The fraction of sp³-hybridized carbons (Fsp3) is 0.667. The van der Waals surface area contributed by atoms with Crippen LogP contribution in [0.1, 0.15) is 59.9 Å². The van der Waals surface area contributed by atoms with E-state index in [2.05, 4.69) is 72.0 Å². The maximum absolute atomic E-state index is 5.99. The maximum atomic E-state index is 5.99. The molecule has 0 saturated carbocycles. The number of hydrogen-bond donors (Lipinski definition) is 1. The third kappa shape index (κ3) is 6.42. The first-order chi connectivity index (χ1) is 9.09. The highest BCUT2D eigenvalue weighted by Gasteiger charge is 2.21. The van der Waals surface area contributed by atoms with Gasteiger partial charge in [0, 0.05) is 17.5 Å². The molecule has 1 aromatic rings. The summed E-state index contributed by atoms with van der Waals surface area (Å²) in [4.78, 5) is 0. The van der Waals surface area contributed by atoms with E-state index < -0.39 is 0 Å². The molecular weight excluding hydrogens is 246 g/mol. The lowest BCUT2D eigenvalue weighted by atomic mass is 9.93. The van der Waals surface area contributed by atoms with Crippen LogP contribution < -0.4 is 10.1 Å². The van der Waals surface area contributed by atoms with Crippen molar-refractivity contribution in [2.45, 2.75) is 59.9 Å². The molecule has 0 radical (unpaired) electrons. The van der Waals surface area contributed by atoms with Crippen LogP contribution in [0.4, 0.5) is 0 Å². The third-order valence-electron chi connectivity index (χ3n) is 3.25. The lowest BCUT2D eigenvalue weighted by Crippen LogP contribution is -2.43. The zero-order valence-electron chi connectivity index (χ0n) is 14.2. The van der Waals surface area contributed by atoms with Gasteiger partial charge in [-0.2, -0.15) is 0 Å². The van der Waals surface area contributed by atoms with Crippen LogP contribution in [0.2, 0.25) is 0 Å². The number of nitrogens with one attached hydrogen (secondary N) is 1. The summed E-state index contributed by atoms with van der Waals surface area (Å²) in [7, 11) is 0. The topological polar surface area (TPSA) is 21.3 Å². The molecule has 0 unspecified atom stereocenters. The molecule has 2 heteroatoms. The van der Waals surface area contributed by atoms with Crippen LogP contribution in [0.15, 0.2) is 24.3 Å². The van der Waals surface area contributed by atoms with Gasteiger partial charge in [0.15, 0.2) is 0 Å². The molecule has 0 atom stereocenters. The third-order valence-corrected chi connectivity index (χ3v) is 3.25. The molecule has 0 bridgehead atoms. The molecule has 1 aromatic carbocycles. The predicted octanol–water partition coefficient (Wildman–Crippen LogP) is 4.60. The van der Waals surface area contributed by atoms with Crippen molar-refractivity contribution in [2.75, 3.05) is 13.2 Å². The van der Waals surface area contributed by atoms with Crippen molar-refractivity contribution in [3.8, 4) is 5.75 Å².